The molecule has 0 aliphatic carbocycles. The first-order chi connectivity index (χ1) is 7.50. The van der Waals surface area contributed by atoms with E-state index < -0.39 is 5.97 Å². The van der Waals surface area contributed by atoms with Crippen molar-refractivity contribution in [3.05, 3.63) is 40.1 Å². The van der Waals surface area contributed by atoms with E-state index in [2.05, 4.69) is 21.2 Å². The molecule has 0 amide bonds. The predicted octanol–water partition coefficient (Wildman–Crippen LogP) is 3.03. The Labute approximate surface area is 101 Å². The van der Waals surface area contributed by atoms with Crippen LogP contribution < -0.4 is 5.32 Å². The van der Waals surface area contributed by atoms with Crippen molar-refractivity contribution in [1.82, 2.24) is 0 Å². The zero-order chi connectivity index (χ0) is 12.1. The highest BCUT2D eigenvalue weighted by Crippen LogP contribution is 2.22. The molecule has 0 heterocycles. The molecule has 0 atom stereocenters. The molecule has 86 valence electrons. The number of aliphatic carboxylic acids is 1. The molecule has 5 heteroatoms. The molecule has 3 nitrogen and oxygen atoms in total. The maximum absolute atomic E-state index is 12.8. The third kappa shape index (κ3) is 3.66. The van der Waals surface area contributed by atoms with E-state index in [1.807, 2.05) is 0 Å². The summed E-state index contributed by atoms with van der Waals surface area (Å²) in [6.45, 7) is 1.89. The number of carboxylic acid groups (broad SMARTS) is 1. The number of rotatable bonds is 4. The Morgan fingerprint density at radius 1 is 1.62 bits per heavy atom. The van der Waals surface area contributed by atoms with Gasteiger partial charge in [-0.2, -0.15) is 0 Å². The Bertz CT molecular complexity index is 432. The summed E-state index contributed by atoms with van der Waals surface area (Å²) >= 11 is 3.20. The minimum atomic E-state index is -0.944. The Kier molecular flexibility index (Phi) is 4.49. The van der Waals surface area contributed by atoms with Crippen LogP contribution in [0.3, 0.4) is 0 Å². The molecule has 0 saturated heterocycles. The lowest BCUT2D eigenvalue weighted by atomic mass is 10.2. The van der Waals surface area contributed by atoms with E-state index in [1.54, 1.807) is 12.1 Å². The first-order valence-electron chi connectivity index (χ1n) is 4.59. The van der Waals surface area contributed by atoms with E-state index in [0.29, 0.717) is 11.0 Å². The second-order valence-corrected chi connectivity index (χ2v) is 4.05. The maximum Gasteiger partial charge on any atom is 0.331 e. The normalized spacial score (nSPS) is 11.3. The van der Waals surface area contributed by atoms with Gasteiger partial charge in [-0.15, -0.1) is 0 Å². The van der Waals surface area contributed by atoms with Gasteiger partial charge in [-0.05, 0) is 41.1 Å². The summed E-state index contributed by atoms with van der Waals surface area (Å²) in [5, 5.41) is 11.6. The van der Waals surface area contributed by atoms with E-state index >= 15 is 0 Å². The molecule has 0 unspecified atom stereocenters. The molecule has 2 N–H and O–H groups in total. The van der Waals surface area contributed by atoms with Crippen molar-refractivity contribution >= 4 is 27.6 Å². The van der Waals surface area contributed by atoms with Gasteiger partial charge < -0.3 is 10.4 Å². The molecular formula is C11H11BrFNO2. The number of halogens is 2. The number of nitrogens with one attached hydrogen (secondary N) is 1. The van der Waals surface area contributed by atoms with Gasteiger partial charge in [-0.1, -0.05) is 6.08 Å². The van der Waals surface area contributed by atoms with Crippen LogP contribution in [0.2, 0.25) is 0 Å². The Morgan fingerprint density at radius 3 is 2.88 bits per heavy atom. The van der Waals surface area contributed by atoms with E-state index in [9.17, 15) is 9.18 Å². The number of carboxylic acids is 1. The minimum absolute atomic E-state index is 0.269. The maximum atomic E-state index is 12.8. The molecule has 0 saturated carbocycles. The molecule has 16 heavy (non-hydrogen) atoms. The van der Waals surface area contributed by atoms with Crippen molar-refractivity contribution in [3.8, 4) is 0 Å². The number of anilines is 1. The van der Waals surface area contributed by atoms with Crippen LogP contribution in [-0.4, -0.2) is 17.6 Å². The summed E-state index contributed by atoms with van der Waals surface area (Å²) in [5.41, 5.74) is 0.988. The van der Waals surface area contributed by atoms with E-state index in [0.717, 1.165) is 5.69 Å². The van der Waals surface area contributed by atoms with Gasteiger partial charge in [0.2, 0.25) is 0 Å². The van der Waals surface area contributed by atoms with Crippen molar-refractivity contribution in [2.45, 2.75) is 6.92 Å². The third-order valence-electron chi connectivity index (χ3n) is 1.97. The molecule has 1 aromatic rings. The fourth-order valence-electron chi connectivity index (χ4n) is 1.03. The largest absolute Gasteiger partial charge is 0.478 e. The van der Waals surface area contributed by atoms with E-state index in [4.69, 9.17) is 5.11 Å². The monoisotopic (exact) mass is 287 g/mol. The summed E-state index contributed by atoms with van der Waals surface area (Å²) in [7, 11) is 0. The van der Waals surface area contributed by atoms with Gasteiger partial charge in [-0.3, -0.25) is 0 Å². The zero-order valence-corrected chi connectivity index (χ0v) is 10.2. The van der Waals surface area contributed by atoms with Gasteiger partial charge in [0.05, 0.1) is 0 Å². The number of hydrogen-bond donors (Lipinski definition) is 2. The standard InChI is InChI=1S/C11H11BrFNO2/c1-7(11(15)16)4-5-14-10-3-2-8(13)6-9(10)12/h2-4,6,14H,5H2,1H3,(H,15,16)/b7-4-. The van der Waals surface area contributed by atoms with Crippen molar-refractivity contribution in [2.75, 3.05) is 11.9 Å². The number of carbonyl (C=O) groups is 1. The second kappa shape index (κ2) is 5.65. The lowest BCUT2D eigenvalue weighted by Crippen LogP contribution is -2.03. The molecule has 0 aromatic heterocycles. The van der Waals surface area contributed by atoms with Crippen LogP contribution >= 0.6 is 15.9 Å². The topological polar surface area (TPSA) is 49.3 Å². The van der Waals surface area contributed by atoms with Crippen LogP contribution in [0.5, 0.6) is 0 Å². The highest BCUT2D eigenvalue weighted by atomic mass is 79.9. The van der Waals surface area contributed by atoms with Crippen LogP contribution in [0.15, 0.2) is 34.3 Å². The van der Waals surface area contributed by atoms with Crippen molar-refractivity contribution in [3.63, 3.8) is 0 Å². The van der Waals surface area contributed by atoms with Crippen LogP contribution in [0, 0.1) is 5.82 Å². The fraction of sp³-hybridized carbons (Fsp3) is 0.182. The lowest BCUT2D eigenvalue weighted by molar-refractivity contribution is -0.132. The highest BCUT2D eigenvalue weighted by Gasteiger charge is 2.01. The van der Waals surface area contributed by atoms with Crippen LogP contribution in [0.1, 0.15) is 6.92 Å². The fourth-order valence-corrected chi connectivity index (χ4v) is 1.53. The van der Waals surface area contributed by atoms with Crippen molar-refractivity contribution in [1.29, 1.82) is 0 Å². The van der Waals surface area contributed by atoms with Crippen LogP contribution in [0.4, 0.5) is 10.1 Å². The molecule has 0 aliphatic rings. The lowest BCUT2D eigenvalue weighted by Gasteiger charge is -2.06. The van der Waals surface area contributed by atoms with Gasteiger partial charge in [-0.25, -0.2) is 9.18 Å². The predicted molar refractivity (Wildman–Crippen MR) is 64.0 cm³/mol. The molecule has 0 spiro atoms. The van der Waals surface area contributed by atoms with Gasteiger partial charge >= 0.3 is 5.97 Å². The molecule has 0 aliphatic heterocycles. The first kappa shape index (κ1) is 12.7. The summed E-state index contributed by atoms with van der Waals surface area (Å²) in [5.74, 6) is -1.27. The summed E-state index contributed by atoms with van der Waals surface area (Å²) in [6, 6.07) is 4.26. The van der Waals surface area contributed by atoms with Crippen LogP contribution in [0.25, 0.3) is 0 Å². The molecule has 0 fully saturated rings. The quantitative estimate of drug-likeness (QED) is 0.837. The molecule has 1 aromatic carbocycles. The Hall–Kier alpha value is -1.36. The summed E-state index contributed by atoms with van der Waals surface area (Å²) in [6.07, 6.45) is 1.55. The second-order valence-electron chi connectivity index (χ2n) is 3.20. The Balaban J connectivity index is 2.62. The average Bonchev–Trinajstić information content (AvgIpc) is 2.20. The smallest absolute Gasteiger partial charge is 0.331 e. The number of benzene rings is 1. The zero-order valence-electron chi connectivity index (χ0n) is 8.63. The van der Waals surface area contributed by atoms with Crippen LogP contribution in [-0.2, 0) is 4.79 Å². The third-order valence-corrected chi connectivity index (χ3v) is 2.63. The number of hydrogen-bond acceptors (Lipinski definition) is 2. The molecule has 0 bridgehead atoms. The van der Waals surface area contributed by atoms with Crippen molar-refractivity contribution < 1.29 is 14.3 Å². The average molecular weight is 288 g/mol. The van der Waals surface area contributed by atoms with Gasteiger partial charge in [0, 0.05) is 22.3 Å². The van der Waals surface area contributed by atoms with Crippen molar-refractivity contribution in [2.24, 2.45) is 0 Å². The Morgan fingerprint density at radius 2 is 2.31 bits per heavy atom. The van der Waals surface area contributed by atoms with Gasteiger partial charge in [0.25, 0.3) is 0 Å². The minimum Gasteiger partial charge on any atom is -0.478 e. The van der Waals surface area contributed by atoms with E-state index in [-0.39, 0.29) is 11.4 Å². The van der Waals surface area contributed by atoms with Gasteiger partial charge in [0.15, 0.2) is 0 Å². The molecular weight excluding hydrogens is 277 g/mol. The SMILES string of the molecule is C/C(=C/CNc1ccc(F)cc1Br)C(=O)O. The first-order valence-corrected chi connectivity index (χ1v) is 5.39. The molecule has 0 radical (unpaired) electrons. The summed E-state index contributed by atoms with van der Waals surface area (Å²) < 4.78 is 13.4. The summed E-state index contributed by atoms with van der Waals surface area (Å²) in [4.78, 5) is 10.5. The molecule has 1 rings (SSSR count). The van der Waals surface area contributed by atoms with E-state index in [1.165, 1.54) is 19.1 Å². The highest BCUT2D eigenvalue weighted by molar-refractivity contribution is 9.10. The van der Waals surface area contributed by atoms with Gasteiger partial charge in [0.1, 0.15) is 5.82 Å².